The summed E-state index contributed by atoms with van der Waals surface area (Å²) in [6, 6.07) is 17.4. The van der Waals surface area contributed by atoms with Gasteiger partial charge in [-0.25, -0.2) is 4.98 Å². The molecule has 0 aliphatic heterocycles. The van der Waals surface area contributed by atoms with E-state index >= 15 is 0 Å². The maximum atomic E-state index is 12.2. The van der Waals surface area contributed by atoms with Crippen LogP contribution in [0.15, 0.2) is 65.1 Å². The van der Waals surface area contributed by atoms with Crippen molar-refractivity contribution in [3.05, 3.63) is 76.3 Å². The molecule has 0 bridgehead atoms. The fourth-order valence-electron chi connectivity index (χ4n) is 2.93. The number of anilines is 1. The highest BCUT2D eigenvalue weighted by Crippen LogP contribution is 2.37. The van der Waals surface area contributed by atoms with Crippen LogP contribution < -0.4 is 15.4 Å². The molecule has 0 unspecified atom stereocenters. The molecule has 0 aliphatic carbocycles. The van der Waals surface area contributed by atoms with Crippen LogP contribution in [0, 0.1) is 0 Å². The van der Waals surface area contributed by atoms with Gasteiger partial charge in [-0.2, -0.15) is 0 Å². The summed E-state index contributed by atoms with van der Waals surface area (Å²) in [6.45, 7) is 0. The molecule has 0 radical (unpaired) electrons. The number of fused-ring (bicyclic) bond motifs is 1. The number of ether oxygens (including phenoxy) is 1. The van der Waals surface area contributed by atoms with Gasteiger partial charge in [0.25, 0.3) is 5.91 Å². The molecule has 4 rings (SSSR count). The van der Waals surface area contributed by atoms with Crippen LogP contribution in [-0.2, 0) is 0 Å². The molecule has 1 heterocycles. The number of nitrogens with one attached hydrogen (secondary N) is 2. The van der Waals surface area contributed by atoms with Crippen LogP contribution in [0.5, 0.6) is 5.75 Å². The third kappa shape index (κ3) is 4.64. The van der Waals surface area contributed by atoms with Crippen molar-refractivity contribution in [2.24, 2.45) is 0 Å². The Morgan fingerprint density at radius 1 is 1.06 bits per heavy atom. The molecule has 1 amide bonds. The van der Waals surface area contributed by atoms with Gasteiger partial charge in [-0.05, 0) is 54.7 Å². The standard InChI is InChI=1S/C22H15Cl2N3O3S/c1-29-19-15(23)9-13(10-16(19)24)21-26-17-11-14(7-8-18(17)30-21)25-22(31)27-20(28)12-5-3-2-4-6-12/h2-11H,1H3,(H2,25,27,28,31). The first-order chi connectivity index (χ1) is 14.9. The number of thiocarbonyl (C=S) groups is 1. The minimum atomic E-state index is -0.295. The van der Waals surface area contributed by atoms with Crippen molar-refractivity contribution < 1.29 is 13.9 Å². The van der Waals surface area contributed by atoms with Crippen molar-refractivity contribution in [2.45, 2.75) is 0 Å². The second-order valence-electron chi connectivity index (χ2n) is 6.45. The number of aromatic nitrogens is 1. The number of benzene rings is 3. The number of methoxy groups -OCH3 is 1. The molecule has 0 atom stereocenters. The van der Waals surface area contributed by atoms with Crippen molar-refractivity contribution in [3.63, 3.8) is 0 Å². The van der Waals surface area contributed by atoms with Gasteiger partial charge in [-0.15, -0.1) is 0 Å². The highest BCUT2D eigenvalue weighted by atomic mass is 35.5. The maximum Gasteiger partial charge on any atom is 0.257 e. The number of oxazole rings is 1. The molecular formula is C22H15Cl2N3O3S. The summed E-state index contributed by atoms with van der Waals surface area (Å²) >= 11 is 17.7. The molecule has 0 fully saturated rings. The second kappa shape index (κ2) is 8.93. The normalized spacial score (nSPS) is 10.7. The van der Waals surface area contributed by atoms with Crippen LogP contribution >= 0.6 is 35.4 Å². The maximum absolute atomic E-state index is 12.2. The third-order valence-electron chi connectivity index (χ3n) is 4.36. The quantitative estimate of drug-likeness (QED) is 0.358. The Bertz CT molecular complexity index is 1270. The van der Waals surface area contributed by atoms with Crippen LogP contribution in [0.3, 0.4) is 0 Å². The van der Waals surface area contributed by atoms with E-state index in [1.165, 1.54) is 7.11 Å². The first-order valence-electron chi connectivity index (χ1n) is 9.06. The van der Waals surface area contributed by atoms with Crippen LogP contribution in [-0.4, -0.2) is 23.1 Å². The lowest BCUT2D eigenvalue weighted by Crippen LogP contribution is -2.34. The zero-order chi connectivity index (χ0) is 22.0. The fraction of sp³-hybridized carbons (Fsp3) is 0.0455. The first-order valence-corrected chi connectivity index (χ1v) is 10.2. The van der Waals surface area contributed by atoms with Crippen LogP contribution in [0.4, 0.5) is 5.69 Å². The van der Waals surface area contributed by atoms with Crippen molar-refractivity contribution in [1.82, 2.24) is 10.3 Å². The molecule has 9 heteroatoms. The van der Waals surface area contributed by atoms with Crippen molar-refractivity contribution in [1.29, 1.82) is 0 Å². The minimum absolute atomic E-state index is 0.172. The predicted molar refractivity (Wildman–Crippen MR) is 126 cm³/mol. The van der Waals surface area contributed by atoms with E-state index in [2.05, 4.69) is 15.6 Å². The number of amides is 1. The molecule has 0 saturated heterocycles. The molecular weight excluding hydrogens is 457 g/mol. The summed E-state index contributed by atoms with van der Waals surface area (Å²) in [5, 5.41) is 6.50. The molecule has 1 aromatic heterocycles. The smallest absolute Gasteiger partial charge is 0.257 e. The van der Waals surface area contributed by atoms with Crippen molar-refractivity contribution >= 4 is 63.2 Å². The zero-order valence-electron chi connectivity index (χ0n) is 16.1. The Balaban J connectivity index is 1.53. The summed E-state index contributed by atoms with van der Waals surface area (Å²) in [5.74, 6) is 0.454. The fourth-order valence-corrected chi connectivity index (χ4v) is 3.79. The molecule has 6 nitrogen and oxygen atoms in total. The van der Waals surface area contributed by atoms with E-state index < -0.39 is 0 Å². The van der Waals surface area contributed by atoms with E-state index in [1.54, 1.807) is 54.6 Å². The van der Waals surface area contributed by atoms with Gasteiger partial charge in [0.15, 0.2) is 16.4 Å². The SMILES string of the molecule is COc1c(Cl)cc(-c2nc3cc(NC(=S)NC(=O)c4ccccc4)ccc3o2)cc1Cl. The largest absolute Gasteiger partial charge is 0.494 e. The Hall–Kier alpha value is -3.13. The topological polar surface area (TPSA) is 76.4 Å². The van der Waals surface area contributed by atoms with Gasteiger partial charge in [0, 0.05) is 16.8 Å². The number of nitrogens with zero attached hydrogens (tertiary/aromatic N) is 1. The Kier molecular flexibility index (Phi) is 6.08. The summed E-state index contributed by atoms with van der Waals surface area (Å²) in [5.41, 5.74) is 2.95. The minimum Gasteiger partial charge on any atom is -0.494 e. The van der Waals surface area contributed by atoms with Gasteiger partial charge in [-0.1, -0.05) is 41.4 Å². The summed E-state index contributed by atoms with van der Waals surface area (Å²) in [6.07, 6.45) is 0. The van der Waals surface area contributed by atoms with Gasteiger partial charge in [0.2, 0.25) is 5.89 Å². The van der Waals surface area contributed by atoms with Gasteiger partial charge >= 0.3 is 0 Å². The lowest BCUT2D eigenvalue weighted by Gasteiger charge is -2.09. The number of carbonyl (C=O) groups excluding carboxylic acids is 1. The van der Waals surface area contributed by atoms with Gasteiger partial charge in [0.05, 0.1) is 17.2 Å². The van der Waals surface area contributed by atoms with E-state index in [1.807, 2.05) is 6.07 Å². The summed E-state index contributed by atoms with van der Waals surface area (Å²) in [7, 11) is 1.49. The van der Waals surface area contributed by atoms with Crippen molar-refractivity contribution in [2.75, 3.05) is 12.4 Å². The average molecular weight is 472 g/mol. The Labute approximate surface area is 193 Å². The van der Waals surface area contributed by atoms with Gasteiger partial charge in [0.1, 0.15) is 5.52 Å². The summed E-state index contributed by atoms with van der Waals surface area (Å²) < 4.78 is 11.0. The number of carbonyl (C=O) groups is 1. The van der Waals surface area contributed by atoms with E-state index in [9.17, 15) is 4.79 Å². The second-order valence-corrected chi connectivity index (χ2v) is 7.67. The molecule has 3 aromatic carbocycles. The molecule has 0 aliphatic rings. The molecule has 4 aromatic rings. The third-order valence-corrected chi connectivity index (χ3v) is 5.12. The average Bonchev–Trinajstić information content (AvgIpc) is 3.17. The number of rotatable bonds is 4. The van der Waals surface area contributed by atoms with E-state index in [0.29, 0.717) is 49.6 Å². The molecule has 0 spiro atoms. The summed E-state index contributed by atoms with van der Waals surface area (Å²) in [4.78, 5) is 16.7. The highest BCUT2D eigenvalue weighted by molar-refractivity contribution is 7.80. The van der Waals surface area contributed by atoms with Crippen LogP contribution in [0.25, 0.3) is 22.6 Å². The van der Waals surface area contributed by atoms with E-state index in [4.69, 9.17) is 44.6 Å². The van der Waals surface area contributed by atoms with Crippen LogP contribution in [0.1, 0.15) is 10.4 Å². The Morgan fingerprint density at radius 3 is 2.45 bits per heavy atom. The monoisotopic (exact) mass is 471 g/mol. The number of hydrogen-bond acceptors (Lipinski definition) is 5. The van der Waals surface area contributed by atoms with Gasteiger partial charge in [-0.3, -0.25) is 10.1 Å². The highest BCUT2D eigenvalue weighted by Gasteiger charge is 2.15. The molecule has 2 N–H and O–H groups in total. The van der Waals surface area contributed by atoms with Crippen molar-refractivity contribution in [3.8, 4) is 17.2 Å². The predicted octanol–water partition coefficient (Wildman–Crippen LogP) is 5.94. The molecule has 31 heavy (non-hydrogen) atoms. The molecule has 0 saturated carbocycles. The first kappa shape index (κ1) is 21.1. The zero-order valence-corrected chi connectivity index (χ0v) is 18.4. The van der Waals surface area contributed by atoms with E-state index in [0.717, 1.165) is 0 Å². The number of hydrogen-bond donors (Lipinski definition) is 2. The van der Waals surface area contributed by atoms with Crippen LogP contribution in [0.2, 0.25) is 10.0 Å². The van der Waals surface area contributed by atoms with E-state index in [-0.39, 0.29) is 11.0 Å². The lowest BCUT2D eigenvalue weighted by atomic mass is 10.2. The molecule has 156 valence electrons. The lowest BCUT2D eigenvalue weighted by molar-refractivity contribution is 0.0977. The number of halogens is 2. The Morgan fingerprint density at radius 2 is 1.77 bits per heavy atom. The van der Waals surface area contributed by atoms with Gasteiger partial charge < -0.3 is 14.5 Å².